The van der Waals surface area contributed by atoms with E-state index in [9.17, 15) is 0 Å². The molecule has 3 heterocycles. The number of ether oxygens (including phenoxy) is 2. The van der Waals surface area contributed by atoms with Crippen molar-refractivity contribution in [1.29, 1.82) is 0 Å². The third-order valence-electron chi connectivity index (χ3n) is 4.84. The molecule has 0 N–H and O–H groups in total. The summed E-state index contributed by atoms with van der Waals surface area (Å²) in [6, 6.07) is 19.4. The van der Waals surface area contributed by atoms with Gasteiger partial charge in [-0.3, -0.25) is 4.57 Å². The molecule has 5 aromatic rings. The van der Waals surface area contributed by atoms with E-state index in [2.05, 4.69) is 20.3 Å². The van der Waals surface area contributed by atoms with E-state index in [1.807, 2.05) is 70.6 Å². The number of hydrogen-bond donors (Lipinski definition) is 0. The van der Waals surface area contributed by atoms with E-state index >= 15 is 0 Å². The lowest BCUT2D eigenvalue weighted by atomic mass is 10.2. The third-order valence-corrected chi connectivity index (χ3v) is 6.62. The van der Waals surface area contributed by atoms with Crippen molar-refractivity contribution in [2.45, 2.75) is 10.9 Å². The first-order valence-corrected chi connectivity index (χ1v) is 11.9. The molecular formula is C23H19N5O3S2. The molecule has 10 heteroatoms. The van der Waals surface area contributed by atoms with Crippen molar-refractivity contribution >= 4 is 23.1 Å². The molecule has 0 atom stereocenters. The second-order valence-electron chi connectivity index (χ2n) is 6.79. The molecule has 166 valence electrons. The zero-order chi connectivity index (χ0) is 22.6. The second kappa shape index (κ2) is 9.47. The fraction of sp³-hybridized carbons (Fsp3) is 0.130. The Bertz CT molecular complexity index is 1360. The van der Waals surface area contributed by atoms with Gasteiger partial charge in [0.2, 0.25) is 11.7 Å². The monoisotopic (exact) mass is 477 g/mol. The molecule has 2 aromatic carbocycles. The van der Waals surface area contributed by atoms with Crippen molar-refractivity contribution in [1.82, 2.24) is 24.9 Å². The molecule has 0 bridgehead atoms. The zero-order valence-corrected chi connectivity index (χ0v) is 19.5. The summed E-state index contributed by atoms with van der Waals surface area (Å²) in [5, 5.41) is 15.7. The standard InChI is InChI=1S/C23H19N5O3S2/c1-29-17-10-5-3-8-15(17)21-24-20(31-27-21)14-33-23-26-25-22(19-12-7-13-32-19)28(23)16-9-4-6-11-18(16)30-2/h3-13H,14H2,1-2H3. The molecule has 8 nitrogen and oxygen atoms in total. The summed E-state index contributed by atoms with van der Waals surface area (Å²) in [5.41, 5.74) is 1.63. The number of rotatable bonds is 8. The molecule has 5 rings (SSSR count). The highest BCUT2D eigenvalue weighted by Gasteiger charge is 2.21. The molecule has 0 saturated heterocycles. The van der Waals surface area contributed by atoms with Crippen LogP contribution in [-0.2, 0) is 5.75 Å². The number of methoxy groups -OCH3 is 2. The van der Waals surface area contributed by atoms with Gasteiger partial charge in [-0.1, -0.05) is 47.3 Å². The van der Waals surface area contributed by atoms with Crippen LogP contribution in [-0.4, -0.2) is 39.1 Å². The molecule has 3 aromatic heterocycles. The minimum atomic E-state index is 0.430. The summed E-state index contributed by atoms with van der Waals surface area (Å²) < 4.78 is 18.5. The minimum absolute atomic E-state index is 0.430. The first-order chi connectivity index (χ1) is 16.3. The Morgan fingerprint density at radius 2 is 1.73 bits per heavy atom. The molecule has 0 aliphatic heterocycles. The van der Waals surface area contributed by atoms with E-state index in [1.54, 1.807) is 25.6 Å². The highest BCUT2D eigenvalue weighted by atomic mass is 32.2. The van der Waals surface area contributed by atoms with Crippen LogP contribution in [0.25, 0.3) is 27.8 Å². The zero-order valence-electron chi connectivity index (χ0n) is 17.8. The Hall–Kier alpha value is -3.63. The molecule has 0 aliphatic carbocycles. The molecule has 0 aliphatic rings. The van der Waals surface area contributed by atoms with E-state index in [1.165, 1.54) is 11.8 Å². The lowest BCUT2D eigenvalue weighted by Gasteiger charge is -2.12. The van der Waals surface area contributed by atoms with Gasteiger partial charge in [-0.25, -0.2) is 0 Å². The Morgan fingerprint density at radius 1 is 0.939 bits per heavy atom. The van der Waals surface area contributed by atoms with Gasteiger partial charge in [-0.2, -0.15) is 4.98 Å². The number of hydrogen-bond acceptors (Lipinski definition) is 9. The summed E-state index contributed by atoms with van der Waals surface area (Å²) in [5.74, 6) is 3.56. The minimum Gasteiger partial charge on any atom is -0.496 e. The van der Waals surface area contributed by atoms with Gasteiger partial charge in [0.05, 0.1) is 36.1 Å². The van der Waals surface area contributed by atoms with E-state index in [0.717, 1.165) is 27.7 Å². The average molecular weight is 478 g/mol. The highest BCUT2D eigenvalue weighted by molar-refractivity contribution is 7.98. The predicted octanol–water partition coefficient (Wildman–Crippen LogP) is 5.36. The van der Waals surface area contributed by atoms with Crippen LogP contribution in [0.3, 0.4) is 0 Å². The number of thiophene rings is 1. The first-order valence-electron chi connectivity index (χ1n) is 10.00. The van der Waals surface area contributed by atoms with Crippen molar-refractivity contribution in [3.05, 3.63) is 71.9 Å². The lowest BCUT2D eigenvalue weighted by molar-refractivity contribution is 0.390. The molecular weight excluding hydrogens is 458 g/mol. The normalized spacial score (nSPS) is 11.0. The Labute approximate surface area is 198 Å². The fourth-order valence-electron chi connectivity index (χ4n) is 3.34. The Balaban J connectivity index is 1.46. The number of para-hydroxylation sites is 3. The van der Waals surface area contributed by atoms with E-state index < -0.39 is 0 Å². The predicted molar refractivity (Wildman–Crippen MR) is 127 cm³/mol. The van der Waals surface area contributed by atoms with Crippen LogP contribution in [0.1, 0.15) is 5.89 Å². The molecule has 0 radical (unpaired) electrons. The van der Waals surface area contributed by atoms with E-state index in [0.29, 0.717) is 28.4 Å². The number of nitrogens with zero attached hydrogens (tertiary/aromatic N) is 5. The molecule has 33 heavy (non-hydrogen) atoms. The number of benzene rings is 2. The van der Waals surface area contributed by atoms with Crippen molar-refractivity contribution in [2.24, 2.45) is 0 Å². The van der Waals surface area contributed by atoms with Crippen LogP contribution in [0.2, 0.25) is 0 Å². The second-order valence-corrected chi connectivity index (χ2v) is 8.68. The average Bonchev–Trinajstić information content (AvgIpc) is 3.63. The largest absolute Gasteiger partial charge is 0.496 e. The molecule has 0 spiro atoms. The topological polar surface area (TPSA) is 88.1 Å². The maximum Gasteiger partial charge on any atom is 0.237 e. The van der Waals surface area contributed by atoms with Crippen LogP contribution in [0.4, 0.5) is 0 Å². The van der Waals surface area contributed by atoms with Crippen molar-refractivity contribution < 1.29 is 14.0 Å². The van der Waals surface area contributed by atoms with Gasteiger partial charge in [0.15, 0.2) is 11.0 Å². The summed E-state index contributed by atoms with van der Waals surface area (Å²) in [7, 11) is 3.27. The Morgan fingerprint density at radius 3 is 2.52 bits per heavy atom. The van der Waals surface area contributed by atoms with Crippen LogP contribution in [0.5, 0.6) is 11.5 Å². The van der Waals surface area contributed by atoms with Gasteiger partial charge in [-0.05, 0) is 35.7 Å². The molecule has 0 saturated carbocycles. The van der Waals surface area contributed by atoms with E-state index in [4.69, 9.17) is 14.0 Å². The summed E-state index contributed by atoms with van der Waals surface area (Å²) >= 11 is 3.07. The van der Waals surface area contributed by atoms with Crippen molar-refractivity contribution in [2.75, 3.05) is 14.2 Å². The fourth-order valence-corrected chi connectivity index (χ4v) is 4.82. The van der Waals surface area contributed by atoms with Crippen LogP contribution >= 0.6 is 23.1 Å². The SMILES string of the molecule is COc1ccccc1-c1noc(CSc2nnc(-c3cccs3)n2-c2ccccc2OC)n1. The van der Waals surface area contributed by atoms with Crippen molar-refractivity contribution in [3.63, 3.8) is 0 Å². The van der Waals surface area contributed by atoms with Gasteiger partial charge in [0, 0.05) is 0 Å². The maximum absolute atomic E-state index is 5.60. The Kier molecular flexibility index (Phi) is 6.09. The first kappa shape index (κ1) is 21.2. The van der Waals surface area contributed by atoms with Crippen LogP contribution in [0, 0.1) is 0 Å². The number of thioether (sulfide) groups is 1. The summed E-state index contributed by atoms with van der Waals surface area (Å²) in [6.45, 7) is 0. The third kappa shape index (κ3) is 4.22. The molecule has 0 unspecified atom stereocenters. The maximum atomic E-state index is 5.60. The van der Waals surface area contributed by atoms with Gasteiger partial charge >= 0.3 is 0 Å². The summed E-state index contributed by atoms with van der Waals surface area (Å²) in [4.78, 5) is 5.55. The van der Waals surface area contributed by atoms with Crippen molar-refractivity contribution in [3.8, 4) is 39.3 Å². The lowest BCUT2D eigenvalue weighted by Crippen LogP contribution is -2.01. The van der Waals surface area contributed by atoms with Gasteiger partial charge in [0.25, 0.3) is 0 Å². The van der Waals surface area contributed by atoms with Gasteiger partial charge in [0.1, 0.15) is 11.5 Å². The van der Waals surface area contributed by atoms with Crippen LogP contribution < -0.4 is 9.47 Å². The summed E-state index contributed by atoms with van der Waals surface area (Å²) in [6.07, 6.45) is 0. The molecule has 0 fully saturated rings. The quantitative estimate of drug-likeness (QED) is 0.276. The molecule has 0 amide bonds. The number of aromatic nitrogens is 5. The smallest absolute Gasteiger partial charge is 0.237 e. The highest BCUT2D eigenvalue weighted by Crippen LogP contribution is 2.35. The van der Waals surface area contributed by atoms with E-state index in [-0.39, 0.29) is 0 Å². The van der Waals surface area contributed by atoms with Gasteiger partial charge in [-0.15, -0.1) is 21.5 Å². The van der Waals surface area contributed by atoms with Crippen LogP contribution in [0.15, 0.2) is 75.7 Å². The van der Waals surface area contributed by atoms with Gasteiger partial charge < -0.3 is 14.0 Å².